The first-order valence-corrected chi connectivity index (χ1v) is 12.5. The Labute approximate surface area is 213 Å². The van der Waals surface area contributed by atoms with Crippen LogP contribution >= 0.6 is 0 Å². The van der Waals surface area contributed by atoms with Crippen molar-refractivity contribution in [2.45, 2.75) is 58.8 Å². The van der Waals surface area contributed by atoms with Crippen LogP contribution in [0.15, 0.2) is 36.4 Å². The van der Waals surface area contributed by atoms with Gasteiger partial charge in [0, 0.05) is 23.0 Å². The summed E-state index contributed by atoms with van der Waals surface area (Å²) in [6.07, 6.45) is 0. The van der Waals surface area contributed by atoms with E-state index in [1.54, 1.807) is 0 Å². The van der Waals surface area contributed by atoms with Crippen molar-refractivity contribution >= 4 is 11.9 Å². The van der Waals surface area contributed by atoms with Crippen LogP contribution in [-0.4, -0.2) is 39.4 Å². The maximum Gasteiger partial charge on any atom is 0.318 e. The van der Waals surface area contributed by atoms with Crippen molar-refractivity contribution < 1.29 is 28.5 Å². The van der Waals surface area contributed by atoms with Crippen molar-refractivity contribution in [3.63, 3.8) is 0 Å². The lowest BCUT2D eigenvalue weighted by molar-refractivity contribution is -0.154. The first-order valence-electron chi connectivity index (χ1n) is 12.5. The average Bonchev–Trinajstić information content (AvgIpc) is 3.23. The normalized spacial score (nSPS) is 27.0. The molecule has 6 heteroatoms. The molecule has 0 saturated heterocycles. The number of fused-ring (bicyclic) bond motifs is 7. The molecule has 5 rings (SSSR count). The van der Waals surface area contributed by atoms with Gasteiger partial charge in [0.05, 0.1) is 27.4 Å². The van der Waals surface area contributed by atoms with Gasteiger partial charge in [0.25, 0.3) is 0 Å². The van der Waals surface area contributed by atoms with Crippen molar-refractivity contribution in [2.24, 2.45) is 16.2 Å². The Bertz CT molecular complexity index is 1250. The smallest absolute Gasteiger partial charge is 0.318 e. The van der Waals surface area contributed by atoms with Crippen molar-refractivity contribution in [3.8, 4) is 11.5 Å². The lowest BCUT2D eigenvalue weighted by atomic mass is 9.81. The van der Waals surface area contributed by atoms with Gasteiger partial charge in [0.1, 0.15) is 22.3 Å². The molecule has 0 radical (unpaired) electrons. The molecule has 0 spiro atoms. The number of rotatable bonds is 6. The number of hydrogen-bond acceptors (Lipinski definition) is 6. The minimum absolute atomic E-state index is 0.0563. The monoisotopic (exact) mass is 492 g/mol. The highest BCUT2D eigenvalue weighted by Crippen LogP contribution is 2.91. The van der Waals surface area contributed by atoms with E-state index < -0.39 is 34.6 Å². The van der Waals surface area contributed by atoms with Gasteiger partial charge in [-0.1, -0.05) is 65.8 Å². The fourth-order valence-corrected chi connectivity index (χ4v) is 6.61. The van der Waals surface area contributed by atoms with Gasteiger partial charge in [-0.3, -0.25) is 9.59 Å². The third-order valence-electron chi connectivity index (χ3n) is 7.75. The van der Waals surface area contributed by atoms with Crippen LogP contribution < -0.4 is 9.47 Å². The van der Waals surface area contributed by atoms with Crippen molar-refractivity contribution in [1.29, 1.82) is 0 Å². The Hall–Kier alpha value is -3.02. The van der Waals surface area contributed by atoms with Crippen LogP contribution in [0.4, 0.5) is 0 Å². The Kier molecular flexibility index (Phi) is 5.30. The van der Waals surface area contributed by atoms with Crippen molar-refractivity contribution in [2.75, 3.05) is 27.4 Å². The summed E-state index contributed by atoms with van der Waals surface area (Å²) >= 11 is 0. The number of hydrogen-bond donors (Lipinski definition) is 0. The minimum atomic E-state index is -1.15. The zero-order valence-corrected chi connectivity index (χ0v) is 22.5. The van der Waals surface area contributed by atoms with Crippen LogP contribution in [0.2, 0.25) is 0 Å². The van der Waals surface area contributed by atoms with Gasteiger partial charge in [0.2, 0.25) is 0 Å². The summed E-state index contributed by atoms with van der Waals surface area (Å²) in [6, 6.07) is 11.7. The van der Waals surface area contributed by atoms with E-state index in [0.717, 1.165) is 28.0 Å². The zero-order chi connectivity index (χ0) is 26.3. The summed E-state index contributed by atoms with van der Waals surface area (Å²) in [5.74, 6) is -0.261. The highest BCUT2D eigenvalue weighted by Gasteiger charge is 2.95. The summed E-state index contributed by atoms with van der Waals surface area (Å²) in [6.45, 7) is 13.7. The maximum atomic E-state index is 13.7. The van der Waals surface area contributed by atoms with E-state index in [2.05, 4.69) is 41.5 Å². The molecule has 4 atom stereocenters. The summed E-state index contributed by atoms with van der Waals surface area (Å²) in [5, 5.41) is 0. The molecular weight excluding hydrogens is 456 g/mol. The molecule has 36 heavy (non-hydrogen) atoms. The fraction of sp³-hybridized carbons (Fsp3) is 0.533. The number of esters is 2. The van der Waals surface area contributed by atoms with Gasteiger partial charge in [0.15, 0.2) is 0 Å². The van der Waals surface area contributed by atoms with Gasteiger partial charge < -0.3 is 18.9 Å². The third kappa shape index (κ3) is 3.02. The Morgan fingerprint density at radius 2 is 1.31 bits per heavy atom. The maximum absolute atomic E-state index is 13.7. The number of methoxy groups -OCH3 is 2. The SMILES string of the molecule is COC(=O)C12c3ccccc3C3c4c(OCC(C)(C)C)ccc(OCC(C)(C)C)c4C1C32C(=O)OC. The number of carbonyl (C=O) groups is 2. The molecule has 0 amide bonds. The topological polar surface area (TPSA) is 71.1 Å². The molecule has 0 aromatic heterocycles. The van der Waals surface area contributed by atoms with E-state index in [9.17, 15) is 9.59 Å². The van der Waals surface area contributed by atoms with Crippen molar-refractivity contribution in [3.05, 3.63) is 58.7 Å². The summed E-state index contributed by atoms with van der Waals surface area (Å²) in [5.41, 5.74) is 1.16. The highest BCUT2D eigenvalue weighted by molar-refractivity contribution is 6.09. The highest BCUT2D eigenvalue weighted by atomic mass is 16.5. The van der Waals surface area contributed by atoms with Gasteiger partial charge >= 0.3 is 11.9 Å². The Morgan fingerprint density at radius 3 is 1.83 bits per heavy atom. The van der Waals surface area contributed by atoms with Crippen LogP contribution in [0, 0.1) is 16.2 Å². The molecule has 3 aliphatic carbocycles. The van der Waals surface area contributed by atoms with Crippen LogP contribution in [0.25, 0.3) is 0 Å². The predicted octanol–water partition coefficient (Wildman–Crippen LogP) is 5.36. The molecule has 0 heterocycles. The van der Waals surface area contributed by atoms with Crippen LogP contribution in [0.1, 0.15) is 75.6 Å². The molecule has 1 fully saturated rings. The second-order valence-corrected chi connectivity index (χ2v) is 12.7. The fourth-order valence-electron chi connectivity index (χ4n) is 6.61. The molecule has 3 aliphatic rings. The van der Waals surface area contributed by atoms with Crippen LogP contribution in [0.5, 0.6) is 11.5 Å². The van der Waals surface area contributed by atoms with E-state index in [4.69, 9.17) is 18.9 Å². The second kappa shape index (κ2) is 7.74. The second-order valence-electron chi connectivity index (χ2n) is 12.7. The molecule has 1 saturated carbocycles. The molecule has 2 aromatic rings. The molecule has 192 valence electrons. The van der Waals surface area contributed by atoms with Gasteiger partial charge in [-0.2, -0.15) is 0 Å². The van der Waals surface area contributed by atoms with E-state index in [1.165, 1.54) is 14.2 Å². The molecular formula is C30H36O6. The van der Waals surface area contributed by atoms with E-state index in [-0.39, 0.29) is 10.8 Å². The van der Waals surface area contributed by atoms with Crippen LogP contribution in [0.3, 0.4) is 0 Å². The molecule has 0 aliphatic heterocycles. The molecule has 6 nitrogen and oxygen atoms in total. The number of carbonyl (C=O) groups excluding carboxylic acids is 2. The standard InChI is InChI=1S/C30H36O6/c1-27(2,3)15-35-19-13-14-20(36-16-28(4,5)6)22-21(19)23-17-11-9-10-12-18(17)29(25(31)33-7)24(22)30(23,29)26(32)34-8/h9-14,23-24H,15-16H2,1-8H3. The summed E-state index contributed by atoms with van der Waals surface area (Å²) in [7, 11) is 2.77. The number of benzene rings is 2. The Morgan fingerprint density at radius 1 is 0.778 bits per heavy atom. The lowest BCUT2D eigenvalue weighted by Crippen LogP contribution is -2.34. The van der Waals surface area contributed by atoms with Crippen LogP contribution in [-0.2, 0) is 24.5 Å². The lowest BCUT2D eigenvalue weighted by Gasteiger charge is -2.27. The molecule has 0 N–H and O–H groups in total. The Balaban J connectivity index is 1.78. The third-order valence-corrected chi connectivity index (χ3v) is 7.75. The molecule has 2 aromatic carbocycles. The summed E-state index contributed by atoms with van der Waals surface area (Å²) < 4.78 is 23.6. The van der Waals surface area contributed by atoms with Gasteiger partial charge in [-0.15, -0.1) is 0 Å². The largest absolute Gasteiger partial charge is 0.493 e. The van der Waals surface area contributed by atoms with E-state index in [0.29, 0.717) is 19.0 Å². The minimum Gasteiger partial charge on any atom is -0.493 e. The quantitative estimate of drug-likeness (QED) is 0.506. The average molecular weight is 493 g/mol. The first-order chi connectivity index (χ1) is 16.9. The van der Waals surface area contributed by atoms with Gasteiger partial charge in [-0.25, -0.2) is 0 Å². The van der Waals surface area contributed by atoms with Gasteiger partial charge in [-0.05, 0) is 34.1 Å². The molecule has 4 unspecified atom stereocenters. The van der Waals surface area contributed by atoms with Crippen molar-refractivity contribution in [1.82, 2.24) is 0 Å². The summed E-state index contributed by atoms with van der Waals surface area (Å²) in [4.78, 5) is 27.4. The van der Waals surface area contributed by atoms with E-state index >= 15 is 0 Å². The molecule has 0 bridgehead atoms. The van der Waals surface area contributed by atoms with E-state index in [1.807, 2.05) is 36.4 Å². The zero-order valence-electron chi connectivity index (χ0n) is 22.5. The first kappa shape index (κ1) is 24.7. The number of ether oxygens (including phenoxy) is 4. The predicted molar refractivity (Wildman–Crippen MR) is 136 cm³/mol.